The Labute approximate surface area is 108 Å². The number of rotatable bonds is 2. The van der Waals surface area contributed by atoms with Crippen molar-refractivity contribution in [1.29, 1.82) is 0 Å². The summed E-state index contributed by atoms with van der Waals surface area (Å²) in [5.41, 5.74) is 0.264. The lowest BCUT2D eigenvalue weighted by Gasteiger charge is -2.15. The van der Waals surface area contributed by atoms with E-state index >= 15 is 0 Å². The number of carbonyl (C=O) groups excluding carboxylic acids is 1. The number of nitrogens with zero attached hydrogens (tertiary/aromatic N) is 2. The van der Waals surface area contributed by atoms with E-state index in [1.807, 2.05) is 13.8 Å². The van der Waals surface area contributed by atoms with Crippen molar-refractivity contribution in [2.75, 3.05) is 11.9 Å². The number of nitrogens with two attached hydrogens (primary N) is 1. The number of amides is 1. The molecular formula is C11H20N3O3S+. The van der Waals surface area contributed by atoms with Crippen molar-refractivity contribution < 1.29 is 17.8 Å². The van der Waals surface area contributed by atoms with Crippen LogP contribution in [-0.2, 0) is 21.9 Å². The molecule has 1 aromatic heterocycles. The second kappa shape index (κ2) is 6.46. The average molecular weight is 274 g/mol. The van der Waals surface area contributed by atoms with Crippen molar-refractivity contribution in [2.45, 2.75) is 25.8 Å². The normalized spacial score (nSPS) is 10.3. The first-order chi connectivity index (χ1) is 8.25. The van der Waals surface area contributed by atoms with Gasteiger partial charge in [-0.25, -0.2) is 13.6 Å². The molecule has 0 unspecified atom stereocenters. The quantitative estimate of drug-likeness (QED) is 0.780. The SMILES string of the molecule is CC.CC(=O)N(C)c1ccc[n+](C)c1S(N)(=O)=O. The predicted octanol–water partition coefficient (Wildman–Crippen LogP) is 0.167. The number of hydrogen-bond acceptors (Lipinski definition) is 3. The smallest absolute Gasteiger partial charge is 0.309 e. The van der Waals surface area contributed by atoms with Gasteiger partial charge in [0.2, 0.25) is 5.91 Å². The van der Waals surface area contributed by atoms with Crippen LogP contribution in [0, 0.1) is 0 Å². The molecule has 0 saturated heterocycles. The van der Waals surface area contributed by atoms with Crippen LogP contribution in [0.4, 0.5) is 5.69 Å². The number of aryl methyl sites for hydroxylation is 1. The summed E-state index contributed by atoms with van der Waals surface area (Å²) in [6.07, 6.45) is 1.55. The number of aromatic nitrogens is 1. The second-order valence-corrected chi connectivity index (χ2v) is 4.91. The summed E-state index contributed by atoms with van der Waals surface area (Å²) < 4.78 is 24.2. The zero-order chi connectivity index (χ0) is 14.5. The van der Waals surface area contributed by atoms with Crippen LogP contribution < -0.4 is 14.6 Å². The summed E-state index contributed by atoms with van der Waals surface area (Å²) in [5, 5.41) is 5.02. The van der Waals surface area contributed by atoms with Crippen molar-refractivity contribution in [1.82, 2.24) is 0 Å². The van der Waals surface area contributed by atoms with Gasteiger partial charge in [-0.1, -0.05) is 13.8 Å². The molecule has 18 heavy (non-hydrogen) atoms. The van der Waals surface area contributed by atoms with E-state index in [-0.39, 0.29) is 16.6 Å². The molecule has 1 aromatic rings. The molecule has 0 aliphatic rings. The summed E-state index contributed by atoms with van der Waals surface area (Å²) in [6.45, 7) is 5.35. The van der Waals surface area contributed by atoms with Crippen LogP contribution in [0.3, 0.4) is 0 Å². The van der Waals surface area contributed by atoms with Crippen LogP contribution >= 0.6 is 0 Å². The van der Waals surface area contributed by atoms with E-state index < -0.39 is 10.0 Å². The minimum atomic E-state index is -3.87. The average Bonchev–Trinajstić information content (AvgIpc) is 2.28. The Balaban J connectivity index is 0.00000137. The van der Waals surface area contributed by atoms with E-state index in [9.17, 15) is 13.2 Å². The molecule has 0 radical (unpaired) electrons. The Morgan fingerprint density at radius 2 is 1.89 bits per heavy atom. The van der Waals surface area contributed by atoms with Gasteiger partial charge in [0.25, 0.3) is 0 Å². The van der Waals surface area contributed by atoms with Gasteiger partial charge in [-0.3, -0.25) is 4.79 Å². The summed E-state index contributed by atoms with van der Waals surface area (Å²) >= 11 is 0. The lowest BCUT2D eigenvalue weighted by Crippen LogP contribution is -2.40. The van der Waals surface area contributed by atoms with E-state index in [2.05, 4.69) is 0 Å². The van der Waals surface area contributed by atoms with Gasteiger partial charge >= 0.3 is 15.0 Å². The number of sulfonamides is 1. The molecule has 0 aliphatic carbocycles. The fraction of sp³-hybridized carbons (Fsp3) is 0.455. The van der Waals surface area contributed by atoms with Gasteiger partial charge in [0, 0.05) is 20.0 Å². The molecule has 0 aromatic carbocycles. The molecule has 2 N–H and O–H groups in total. The lowest BCUT2D eigenvalue weighted by molar-refractivity contribution is -0.708. The highest BCUT2D eigenvalue weighted by Crippen LogP contribution is 2.18. The predicted molar refractivity (Wildman–Crippen MR) is 69.4 cm³/mol. The molecule has 0 fully saturated rings. The molecule has 1 amide bonds. The van der Waals surface area contributed by atoms with Crippen LogP contribution in [-0.4, -0.2) is 21.4 Å². The topological polar surface area (TPSA) is 84.3 Å². The Bertz CT molecular complexity index is 526. The van der Waals surface area contributed by atoms with Gasteiger partial charge in [0.15, 0.2) is 6.20 Å². The number of carbonyl (C=O) groups is 1. The molecule has 1 heterocycles. The van der Waals surface area contributed by atoms with Crippen molar-refractivity contribution in [3.8, 4) is 0 Å². The van der Waals surface area contributed by atoms with Crippen molar-refractivity contribution >= 4 is 21.6 Å². The summed E-state index contributed by atoms with van der Waals surface area (Å²) in [6, 6.07) is 3.17. The first kappa shape index (κ1) is 16.5. The van der Waals surface area contributed by atoms with E-state index in [4.69, 9.17) is 5.14 Å². The molecular weight excluding hydrogens is 254 g/mol. The van der Waals surface area contributed by atoms with E-state index in [1.54, 1.807) is 19.3 Å². The third kappa shape index (κ3) is 3.78. The lowest BCUT2D eigenvalue weighted by atomic mass is 10.3. The molecule has 7 heteroatoms. The number of hydrogen-bond donors (Lipinski definition) is 1. The Hall–Kier alpha value is -1.47. The highest BCUT2D eigenvalue weighted by Gasteiger charge is 2.28. The van der Waals surface area contributed by atoms with E-state index in [0.717, 1.165) is 0 Å². The number of primary sulfonamides is 1. The van der Waals surface area contributed by atoms with Gasteiger partial charge in [-0.15, -0.1) is 0 Å². The van der Waals surface area contributed by atoms with Crippen LogP contribution in [0.15, 0.2) is 23.4 Å². The monoisotopic (exact) mass is 274 g/mol. The van der Waals surface area contributed by atoms with Crippen molar-refractivity contribution in [3.05, 3.63) is 18.3 Å². The van der Waals surface area contributed by atoms with Gasteiger partial charge in [-0.05, 0) is 6.07 Å². The van der Waals surface area contributed by atoms with Crippen molar-refractivity contribution in [2.24, 2.45) is 12.2 Å². The minimum absolute atomic E-state index is 0.0901. The summed E-state index contributed by atoms with van der Waals surface area (Å²) in [4.78, 5) is 12.5. The maximum absolute atomic E-state index is 11.4. The summed E-state index contributed by atoms with van der Waals surface area (Å²) in [5.74, 6) is -0.267. The maximum atomic E-state index is 11.4. The zero-order valence-electron chi connectivity index (χ0n) is 11.3. The fourth-order valence-corrected chi connectivity index (χ4v) is 2.31. The van der Waals surface area contributed by atoms with Gasteiger partial charge in [0.1, 0.15) is 12.7 Å². The number of anilines is 1. The highest BCUT2D eigenvalue weighted by atomic mass is 32.2. The molecule has 6 nitrogen and oxygen atoms in total. The highest BCUT2D eigenvalue weighted by molar-refractivity contribution is 7.89. The van der Waals surface area contributed by atoms with Gasteiger partial charge in [0.05, 0.1) is 0 Å². The molecule has 102 valence electrons. The molecule has 0 spiro atoms. The fourth-order valence-electron chi connectivity index (χ4n) is 1.35. The van der Waals surface area contributed by atoms with Crippen molar-refractivity contribution in [3.63, 3.8) is 0 Å². The maximum Gasteiger partial charge on any atom is 0.335 e. The Morgan fingerprint density at radius 1 is 1.39 bits per heavy atom. The Morgan fingerprint density at radius 3 is 2.28 bits per heavy atom. The number of pyridine rings is 1. The molecule has 0 aliphatic heterocycles. The third-order valence-electron chi connectivity index (χ3n) is 2.21. The molecule has 0 saturated carbocycles. The Kier molecular flexibility index (Phi) is 5.93. The summed E-state index contributed by atoms with van der Waals surface area (Å²) in [7, 11) is -0.828. The molecule has 0 atom stereocenters. The largest absolute Gasteiger partial charge is 0.335 e. The molecule has 0 bridgehead atoms. The molecule has 1 rings (SSSR count). The standard InChI is InChI=1S/C9H14N3O3S.C2H6/c1-7(13)12(3)8-5-4-6-11(2)9(8)16(10,14)15;1-2/h4-6H,1-3H3,(H2,10,14,15);1-2H3/q+1;. The van der Waals surface area contributed by atoms with E-state index in [1.165, 1.54) is 29.5 Å². The minimum Gasteiger partial charge on any atom is -0.309 e. The van der Waals surface area contributed by atoms with Gasteiger partial charge < -0.3 is 4.90 Å². The van der Waals surface area contributed by atoms with E-state index in [0.29, 0.717) is 0 Å². The van der Waals surface area contributed by atoms with Crippen LogP contribution in [0.1, 0.15) is 20.8 Å². The van der Waals surface area contributed by atoms with Gasteiger partial charge in [-0.2, -0.15) is 4.57 Å². The third-order valence-corrected chi connectivity index (χ3v) is 3.24. The van der Waals surface area contributed by atoms with Crippen LogP contribution in [0.25, 0.3) is 0 Å². The van der Waals surface area contributed by atoms with Crippen LogP contribution in [0.5, 0.6) is 0 Å². The second-order valence-electron chi connectivity index (χ2n) is 3.43. The first-order valence-corrected chi connectivity index (χ1v) is 7.05. The zero-order valence-corrected chi connectivity index (χ0v) is 12.2. The first-order valence-electron chi connectivity index (χ1n) is 5.51. The van der Waals surface area contributed by atoms with Crippen LogP contribution in [0.2, 0.25) is 0 Å².